The lowest BCUT2D eigenvalue weighted by Gasteiger charge is -2.25. The number of hydrogen-bond donors (Lipinski definition) is 1. The zero-order valence-corrected chi connectivity index (χ0v) is 13.4. The molecule has 7 heteroatoms. The van der Waals surface area contributed by atoms with Crippen LogP contribution >= 0.6 is 0 Å². The molecule has 1 N–H and O–H groups in total. The van der Waals surface area contributed by atoms with Gasteiger partial charge in [-0.3, -0.25) is 19.1 Å². The molecule has 1 amide bonds. The van der Waals surface area contributed by atoms with Crippen molar-refractivity contribution in [3.8, 4) is 5.75 Å². The summed E-state index contributed by atoms with van der Waals surface area (Å²) in [5, 5.41) is 0. The Hall–Kier alpha value is -2.83. The van der Waals surface area contributed by atoms with E-state index in [1.807, 2.05) is 24.3 Å². The monoisotopic (exact) mass is 329 g/mol. The van der Waals surface area contributed by atoms with Crippen molar-refractivity contribution in [3.63, 3.8) is 0 Å². The van der Waals surface area contributed by atoms with E-state index in [9.17, 15) is 14.4 Å². The number of likely N-dealkylation sites (tertiary alicyclic amines) is 1. The van der Waals surface area contributed by atoms with E-state index < -0.39 is 11.2 Å². The van der Waals surface area contributed by atoms with Gasteiger partial charge in [0.2, 0.25) is 5.91 Å². The summed E-state index contributed by atoms with van der Waals surface area (Å²) < 4.78 is 6.46. The fourth-order valence-electron chi connectivity index (χ4n) is 3.07. The van der Waals surface area contributed by atoms with Gasteiger partial charge in [-0.25, -0.2) is 4.79 Å². The smallest absolute Gasteiger partial charge is 0.328 e. The summed E-state index contributed by atoms with van der Waals surface area (Å²) in [6, 6.07) is 8.89. The Balaban J connectivity index is 1.80. The molecule has 0 saturated carbocycles. The Labute approximate surface area is 138 Å². The molecule has 1 aliphatic heterocycles. The Morgan fingerprint density at radius 2 is 2.17 bits per heavy atom. The number of methoxy groups -OCH3 is 1. The molecule has 2 heterocycles. The predicted molar refractivity (Wildman–Crippen MR) is 88.0 cm³/mol. The second kappa shape index (κ2) is 6.74. The summed E-state index contributed by atoms with van der Waals surface area (Å²) in [5.74, 6) is 0.609. The van der Waals surface area contributed by atoms with Crippen LogP contribution in [0.4, 0.5) is 0 Å². The van der Waals surface area contributed by atoms with Crippen LogP contribution in [-0.4, -0.2) is 34.0 Å². The second-order valence-electron chi connectivity index (χ2n) is 5.76. The van der Waals surface area contributed by atoms with Crippen LogP contribution in [0.1, 0.15) is 24.4 Å². The molecule has 2 aromatic rings. The molecule has 3 rings (SSSR count). The van der Waals surface area contributed by atoms with E-state index in [0.717, 1.165) is 24.2 Å². The first-order valence-electron chi connectivity index (χ1n) is 7.81. The highest BCUT2D eigenvalue weighted by Gasteiger charge is 2.30. The second-order valence-corrected chi connectivity index (χ2v) is 5.76. The Kier molecular flexibility index (Phi) is 4.50. The number of ether oxygens (including phenoxy) is 1. The standard InChI is InChI=1S/C17H19N3O4/c1-24-13-5-2-4-12(10-13)14-6-3-8-20(14)16(22)11-19-9-7-15(21)18-17(19)23/h2,4-5,7,9-10,14H,3,6,8,11H2,1H3,(H,18,21,23)/t14-/m0/s1. The van der Waals surface area contributed by atoms with Crippen molar-refractivity contribution in [2.75, 3.05) is 13.7 Å². The van der Waals surface area contributed by atoms with Crippen LogP contribution in [-0.2, 0) is 11.3 Å². The summed E-state index contributed by atoms with van der Waals surface area (Å²) in [7, 11) is 1.61. The minimum absolute atomic E-state index is 0.0222. The molecular formula is C17H19N3O4. The highest BCUT2D eigenvalue weighted by atomic mass is 16.5. The summed E-state index contributed by atoms with van der Waals surface area (Å²) >= 11 is 0. The van der Waals surface area contributed by atoms with Crippen molar-refractivity contribution < 1.29 is 9.53 Å². The largest absolute Gasteiger partial charge is 0.497 e. The topological polar surface area (TPSA) is 84.4 Å². The van der Waals surface area contributed by atoms with Gasteiger partial charge in [0.15, 0.2) is 0 Å². The lowest BCUT2D eigenvalue weighted by atomic mass is 10.0. The number of hydrogen-bond acceptors (Lipinski definition) is 4. The SMILES string of the molecule is COc1cccc([C@@H]2CCCN2C(=O)Cn2ccc(=O)[nH]c2=O)c1. The first-order chi connectivity index (χ1) is 11.6. The van der Waals surface area contributed by atoms with E-state index in [1.165, 1.54) is 16.8 Å². The molecule has 0 unspecified atom stereocenters. The number of carbonyl (C=O) groups excluding carboxylic acids is 1. The third-order valence-corrected chi connectivity index (χ3v) is 4.25. The molecule has 24 heavy (non-hydrogen) atoms. The van der Waals surface area contributed by atoms with Gasteiger partial charge in [-0.1, -0.05) is 12.1 Å². The number of aromatic amines is 1. The van der Waals surface area contributed by atoms with Gasteiger partial charge < -0.3 is 9.64 Å². The molecular weight excluding hydrogens is 310 g/mol. The number of amides is 1. The Bertz CT molecular complexity index is 855. The number of carbonyl (C=O) groups is 1. The molecule has 1 aromatic carbocycles. The van der Waals surface area contributed by atoms with Crippen molar-refractivity contribution in [1.82, 2.24) is 14.5 Å². The maximum atomic E-state index is 12.6. The maximum Gasteiger partial charge on any atom is 0.328 e. The molecule has 7 nitrogen and oxygen atoms in total. The number of nitrogens with zero attached hydrogens (tertiary/aromatic N) is 2. The Morgan fingerprint density at radius 3 is 2.92 bits per heavy atom. The van der Waals surface area contributed by atoms with E-state index in [0.29, 0.717) is 6.54 Å². The summed E-state index contributed by atoms with van der Waals surface area (Å²) in [6.07, 6.45) is 3.13. The molecule has 1 saturated heterocycles. The molecule has 0 bridgehead atoms. The fourth-order valence-corrected chi connectivity index (χ4v) is 3.07. The fraction of sp³-hybridized carbons (Fsp3) is 0.353. The normalized spacial score (nSPS) is 17.0. The van der Waals surface area contributed by atoms with E-state index in [-0.39, 0.29) is 18.5 Å². The van der Waals surface area contributed by atoms with Gasteiger partial charge in [-0.05, 0) is 30.5 Å². The number of rotatable bonds is 4. The molecule has 0 spiro atoms. The number of H-pyrrole nitrogens is 1. The zero-order valence-electron chi connectivity index (χ0n) is 13.4. The molecule has 0 radical (unpaired) electrons. The van der Waals surface area contributed by atoms with Gasteiger partial charge in [0.1, 0.15) is 12.3 Å². The summed E-state index contributed by atoms with van der Waals surface area (Å²) in [5.41, 5.74) is -0.0267. The van der Waals surface area contributed by atoms with Crippen molar-refractivity contribution in [2.24, 2.45) is 0 Å². The minimum Gasteiger partial charge on any atom is -0.497 e. The van der Waals surface area contributed by atoms with Crippen molar-refractivity contribution in [3.05, 3.63) is 62.9 Å². The first-order valence-corrected chi connectivity index (χ1v) is 7.81. The zero-order chi connectivity index (χ0) is 17.1. The van der Waals surface area contributed by atoms with E-state index in [4.69, 9.17) is 4.74 Å². The molecule has 1 fully saturated rings. The van der Waals surface area contributed by atoms with Crippen LogP contribution in [0.2, 0.25) is 0 Å². The summed E-state index contributed by atoms with van der Waals surface area (Å²) in [6.45, 7) is 0.564. The number of aromatic nitrogens is 2. The molecule has 1 atom stereocenters. The van der Waals surface area contributed by atoms with Gasteiger partial charge in [-0.2, -0.15) is 0 Å². The van der Waals surface area contributed by atoms with Gasteiger partial charge in [0, 0.05) is 18.8 Å². The molecule has 1 aromatic heterocycles. The van der Waals surface area contributed by atoms with Crippen LogP contribution < -0.4 is 16.0 Å². The van der Waals surface area contributed by atoms with Gasteiger partial charge >= 0.3 is 5.69 Å². The van der Waals surface area contributed by atoms with Crippen LogP contribution in [0.25, 0.3) is 0 Å². The predicted octanol–water partition coefficient (Wildman–Crippen LogP) is 0.909. The highest BCUT2D eigenvalue weighted by molar-refractivity contribution is 5.77. The van der Waals surface area contributed by atoms with Crippen molar-refractivity contribution in [1.29, 1.82) is 0 Å². The van der Waals surface area contributed by atoms with Crippen molar-refractivity contribution >= 4 is 5.91 Å². The van der Waals surface area contributed by atoms with Crippen molar-refractivity contribution in [2.45, 2.75) is 25.4 Å². The van der Waals surface area contributed by atoms with Gasteiger partial charge in [-0.15, -0.1) is 0 Å². The lowest BCUT2D eigenvalue weighted by molar-refractivity contribution is -0.132. The van der Waals surface area contributed by atoms with Gasteiger partial charge in [0.05, 0.1) is 13.2 Å². The highest BCUT2D eigenvalue weighted by Crippen LogP contribution is 2.33. The first kappa shape index (κ1) is 16.0. The average Bonchev–Trinajstić information content (AvgIpc) is 3.07. The molecule has 126 valence electrons. The van der Waals surface area contributed by atoms with E-state index in [1.54, 1.807) is 12.0 Å². The lowest BCUT2D eigenvalue weighted by Crippen LogP contribution is -2.38. The quantitative estimate of drug-likeness (QED) is 0.903. The van der Waals surface area contributed by atoms with Crippen LogP contribution in [0.5, 0.6) is 5.75 Å². The minimum atomic E-state index is -0.576. The maximum absolute atomic E-state index is 12.6. The van der Waals surface area contributed by atoms with E-state index in [2.05, 4.69) is 4.98 Å². The Morgan fingerprint density at radius 1 is 1.33 bits per heavy atom. The molecule has 1 aliphatic rings. The third kappa shape index (κ3) is 3.24. The summed E-state index contributed by atoms with van der Waals surface area (Å²) in [4.78, 5) is 39.4. The molecule has 0 aliphatic carbocycles. The van der Waals surface area contributed by atoms with Crippen LogP contribution in [0.15, 0.2) is 46.1 Å². The van der Waals surface area contributed by atoms with Crippen LogP contribution in [0, 0.1) is 0 Å². The van der Waals surface area contributed by atoms with Gasteiger partial charge in [0.25, 0.3) is 5.56 Å². The average molecular weight is 329 g/mol. The van der Waals surface area contributed by atoms with E-state index >= 15 is 0 Å². The third-order valence-electron chi connectivity index (χ3n) is 4.25. The number of nitrogens with one attached hydrogen (secondary N) is 1. The van der Waals surface area contributed by atoms with Crippen LogP contribution in [0.3, 0.4) is 0 Å². The number of benzene rings is 1.